The lowest BCUT2D eigenvalue weighted by Gasteiger charge is -2.31. The summed E-state index contributed by atoms with van der Waals surface area (Å²) in [6, 6.07) is 26.9. The second-order valence-electron chi connectivity index (χ2n) is 8.73. The van der Waals surface area contributed by atoms with Crippen molar-refractivity contribution in [1.29, 1.82) is 0 Å². The summed E-state index contributed by atoms with van der Waals surface area (Å²) in [7, 11) is 0. The number of nitrogens with zero attached hydrogens (tertiary/aromatic N) is 2. The zero-order valence-corrected chi connectivity index (χ0v) is 19.4. The number of urea groups is 1. The van der Waals surface area contributed by atoms with Gasteiger partial charge in [0.05, 0.1) is 18.3 Å². The predicted molar refractivity (Wildman–Crippen MR) is 134 cm³/mol. The van der Waals surface area contributed by atoms with Crippen LogP contribution in [-0.4, -0.2) is 15.5 Å². The molecular formula is C29H29N3O. The number of benzene rings is 3. The van der Waals surface area contributed by atoms with Crippen LogP contribution in [0.15, 0.2) is 85.1 Å². The molecule has 0 radical (unpaired) electrons. The van der Waals surface area contributed by atoms with E-state index in [2.05, 4.69) is 97.5 Å². The van der Waals surface area contributed by atoms with Crippen molar-refractivity contribution in [3.8, 4) is 5.69 Å². The van der Waals surface area contributed by atoms with Crippen molar-refractivity contribution in [3.63, 3.8) is 0 Å². The molecule has 4 nitrogen and oxygen atoms in total. The number of anilines is 1. The molecule has 33 heavy (non-hydrogen) atoms. The second kappa shape index (κ2) is 8.62. The van der Waals surface area contributed by atoms with Crippen molar-refractivity contribution in [2.75, 3.05) is 5.32 Å². The fourth-order valence-electron chi connectivity index (χ4n) is 4.70. The summed E-state index contributed by atoms with van der Waals surface area (Å²) in [5.41, 5.74) is 8.83. The molecule has 5 rings (SSSR count). The van der Waals surface area contributed by atoms with E-state index in [1.165, 1.54) is 5.56 Å². The Morgan fingerprint density at radius 1 is 0.939 bits per heavy atom. The van der Waals surface area contributed by atoms with Gasteiger partial charge < -0.3 is 14.8 Å². The number of rotatable bonds is 3. The number of nitrogens with one attached hydrogen (secondary N) is 1. The molecule has 3 aromatic carbocycles. The molecule has 166 valence electrons. The number of carbonyl (C=O) groups excluding carboxylic acids is 1. The highest BCUT2D eigenvalue weighted by Gasteiger charge is 2.33. The van der Waals surface area contributed by atoms with Gasteiger partial charge in [-0.15, -0.1) is 0 Å². The van der Waals surface area contributed by atoms with E-state index in [1.807, 2.05) is 23.1 Å². The first kappa shape index (κ1) is 21.1. The van der Waals surface area contributed by atoms with Gasteiger partial charge in [-0.25, -0.2) is 4.79 Å². The van der Waals surface area contributed by atoms with Gasteiger partial charge in [0.15, 0.2) is 0 Å². The topological polar surface area (TPSA) is 37.3 Å². The molecule has 1 N–H and O–H groups in total. The van der Waals surface area contributed by atoms with E-state index in [0.29, 0.717) is 6.54 Å². The van der Waals surface area contributed by atoms with Crippen LogP contribution < -0.4 is 5.32 Å². The van der Waals surface area contributed by atoms with Gasteiger partial charge in [0, 0.05) is 17.6 Å². The first-order valence-corrected chi connectivity index (χ1v) is 11.5. The summed E-state index contributed by atoms with van der Waals surface area (Å²) >= 11 is 0. The van der Waals surface area contributed by atoms with Crippen LogP contribution in [0.1, 0.15) is 46.5 Å². The maximum Gasteiger partial charge on any atom is 0.322 e. The molecule has 0 spiro atoms. The number of amides is 2. The van der Waals surface area contributed by atoms with Gasteiger partial charge in [0.25, 0.3) is 0 Å². The Bertz CT molecular complexity index is 1300. The highest BCUT2D eigenvalue weighted by atomic mass is 16.2. The van der Waals surface area contributed by atoms with Crippen LogP contribution >= 0.6 is 0 Å². The van der Waals surface area contributed by atoms with Crippen molar-refractivity contribution < 1.29 is 4.79 Å². The van der Waals surface area contributed by atoms with E-state index in [9.17, 15) is 4.79 Å². The van der Waals surface area contributed by atoms with Crippen molar-refractivity contribution in [2.45, 2.75) is 39.8 Å². The van der Waals surface area contributed by atoms with Crippen LogP contribution in [0.5, 0.6) is 0 Å². The van der Waals surface area contributed by atoms with Crippen LogP contribution in [0, 0.1) is 13.8 Å². The third-order valence-electron chi connectivity index (χ3n) is 6.77. The van der Waals surface area contributed by atoms with E-state index in [1.54, 1.807) is 0 Å². The van der Waals surface area contributed by atoms with Gasteiger partial charge in [0.2, 0.25) is 0 Å². The fourth-order valence-corrected chi connectivity index (χ4v) is 4.70. The minimum atomic E-state index is -0.205. The fraction of sp³-hybridized carbons (Fsp3) is 0.207. The number of carbonyl (C=O) groups is 1. The van der Waals surface area contributed by atoms with Crippen LogP contribution in [0.2, 0.25) is 0 Å². The summed E-state index contributed by atoms with van der Waals surface area (Å²) in [6.07, 6.45) is 3.08. The van der Waals surface area contributed by atoms with Gasteiger partial charge >= 0.3 is 6.03 Å². The highest BCUT2D eigenvalue weighted by Crippen LogP contribution is 2.37. The first-order chi connectivity index (χ1) is 16.1. The maximum absolute atomic E-state index is 13.8. The molecule has 2 heterocycles. The smallest absolute Gasteiger partial charge is 0.318 e. The van der Waals surface area contributed by atoms with Gasteiger partial charge in [-0.1, -0.05) is 61.5 Å². The number of fused-ring (bicyclic) bond motifs is 3. The minimum Gasteiger partial charge on any atom is -0.318 e. The summed E-state index contributed by atoms with van der Waals surface area (Å²) in [5, 5.41) is 3.20. The molecule has 1 aliphatic rings. The second-order valence-corrected chi connectivity index (χ2v) is 8.73. The molecule has 0 bridgehead atoms. The van der Waals surface area contributed by atoms with Crippen LogP contribution in [0.25, 0.3) is 5.69 Å². The SMILES string of the molecule is CCc1ccc([C@H]2c3cccn3-c3ccccc3CN2C(=O)Nc2cccc(C)c2C)cc1. The van der Waals surface area contributed by atoms with Gasteiger partial charge in [-0.2, -0.15) is 0 Å². The molecule has 2 amide bonds. The minimum absolute atomic E-state index is 0.0993. The zero-order valence-electron chi connectivity index (χ0n) is 19.4. The van der Waals surface area contributed by atoms with E-state index in [-0.39, 0.29) is 12.1 Å². The lowest BCUT2D eigenvalue weighted by molar-refractivity contribution is 0.194. The molecule has 1 aromatic heterocycles. The summed E-state index contributed by atoms with van der Waals surface area (Å²) in [4.78, 5) is 15.8. The lowest BCUT2D eigenvalue weighted by atomic mass is 9.99. The molecule has 0 saturated carbocycles. The van der Waals surface area contributed by atoms with Crippen molar-refractivity contribution in [3.05, 3.63) is 119 Å². The number of para-hydroxylation sites is 1. The van der Waals surface area contributed by atoms with E-state index >= 15 is 0 Å². The monoisotopic (exact) mass is 435 g/mol. The molecule has 1 atom stereocenters. The van der Waals surface area contributed by atoms with E-state index in [0.717, 1.165) is 45.7 Å². The lowest BCUT2D eigenvalue weighted by Crippen LogP contribution is -2.38. The quantitative estimate of drug-likeness (QED) is 0.378. The van der Waals surface area contributed by atoms with Crippen molar-refractivity contribution in [2.24, 2.45) is 0 Å². The van der Waals surface area contributed by atoms with Gasteiger partial charge in [-0.05, 0) is 72.4 Å². The molecule has 0 fully saturated rings. The Balaban J connectivity index is 1.63. The molecule has 0 saturated heterocycles. The van der Waals surface area contributed by atoms with Crippen LogP contribution in [0.4, 0.5) is 10.5 Å². The van der Waals surface area contributed by atoms with Crippen molar-refractivity contribution >= 4 is 11.7 Å². The van der Waals surface area contributed by atoms with Gasteiger partial charge in [-0.3, -0.25) is 0 Å². The maximum atomic E-state index is 13.8. The summed E-state index contributed by atoms with van der Waals surface area (Å²) < 4.78 is 2.22. The molecule has 4 aromatic rings. The largest absolute Gasteiger partial charge is 0.322 e. The van der Waals surface area contributed by atoms with E-state index in [4.69, 9.17) is 0 Å². The Labute approximate surface area is 195 Å². The molecule has 1 aliphatic heterocycles. The standard InChI is InChI=1S/C29H29N3O/c1-4-22-14-16-23(17-15-22)28-27-13-8-18-31(27)26-12-6-5-10-24(26)19-32(28)29(33)30-25-11-7-9-20(2)21(25)3/h5-18,28H,4,19H2,1-3H3,(H,30,33)/t28-/m0/s1. The number of hydrogen-bond donors (Lipinski definition) is 1. The first-order valence-electron chi connectivity index (χ1n) is 11.5. The average Bonchev–Trinajstić information content (AvgIpc) is 3.26. The predicted octanol–water partition coefficient (Wildman–Crippen LogP) is 6.79. The number of hydrogen-bond acceptors (Lipinski definition) is 1. The normalized spacial score (nSPS) is 14.9. The Morgan fingerprint density at radius 3 is 2.52 bits per heavy atom. The average molecular weight is 436 g/mol. The Morgan fingerprint density at radius 2 is 1.73 bits per heavy atom. The zero-order chi connectivity index (χ0) is 22.9. The Hall–Kier alpha value is -3.79. The van der Waals surface area contributed by atoms with E-state index < -0.39 is 0 Å². The Kier molecular flexibility index (Phi) is 5.51. The van der Waals surface area contributed by atoms with Gasteiger partial charge in [0.1, 0.15) is 0 Å². The summed E-state index contributed by atoms with van der Waals surface area (Å²) in [5.74, 6) is 0. The third-order valence-corrected chi connectivity index (χ3v) is 6.77. The van der Waals surface area contributed by atoms with Crippen LogP contribution in [0.3, 0.4) is 0 Å². The van der Waals surface area contributed by atoms with Crippen LogP contribution in [-0.2, 0) is 13.0 Å². The molecular weight excluding hydrogens is 406 g/mol. The number of aromatic nitrogens is 1. The number of aryl methyl sites for hydroxylation is 2. The molecule has 4 heteroatoms. The summed E-state index contributed by atoms with van der Waals surface area (Å²) in [6.45, 7) is 6.80. The third kappa shape index (κ3) is 3.82. The molecule has 0 aliphatic carbocycles. The molecule has 0 unspecified atom stereocenters. The highest BCUT2D eigenvalue weighted by molar-refractivity contribution is 5.91. The van der Waals surface area contributed by atoms with Crippen molar-refractivity contribution in [1.82, 2.24) is 9.47 Å².